The lowest BCUT2D eigenvalue weighted by Gasteiger charge is -2.17. The van der Waals surface area contributed by atoms with Crippen LogP contribution in [0.15, 0.2) is 54.7 Å². The van der Waals surface area contributed by atoms with Crippen molar-refractivity contribution in [3.63, 3.8) is 0 Å². The summed E-state index contributed by atoms with van der Waals surface area (Å²) in [6, 6.07) is 13.4. The van der Waals surface area contributed by atoms with Crippen LogP contribution in [0.4, 0.5) is 14.5 Å². The predicted octanol–water partition coefficient (Wildman–Crippen LogP) is 4.69. The molecule has 2 nitrogen and oxygen atoms in total. The maximum atomic E-state index is 13.3. The first-order valence-corrected chi connectivity index (χ1v) is 6.70. The minimum atomic E-state index is -0.833. The number of halogens is 2. The van der Waals surface area contributed by atoms with Gasteiger partial charge in [-0.3, -0.25) is 4.98 Å². The number of hydrogen-bond donors (Lipinski definition) is 1. The van der Waals surface area contributed by atoms with Crippen molar-refractivity contribution in [2.24, 2.45) is 0 Å². The third kappa shape index (κ3) is 2.70. The zero-order chi connectivity index (χ0) is 14.8. The van der Waals surface area contributed by atoms with E-state index < -0.39 is 11.6 Å². The minimum Gasteiger partial charge on any atom is -0.378 e. The topological polar surface area (TPSA) is 24.9 Å². The summed E-state index contributed by atoms with van der Waals surface area (Å²) in [5.41, 5.74) is 2.49. The summed E-state index contributed by atoms with van der Waals surface area (Å²) >= 11 is 0. The Hall–Kier alpha value is -2.49. The predicted molar refractivity (Wildman–Crippen MR) is 80.1 cm³/mol. The van der Waals surface area contributed by atoms with Crippen molar-refractivity contribution < 1.29 is 8.78 Å². The van der Waals surface area contributed by atoms with E-state index in [2.05, 4.69) is 10.3 Å². The Kier molecular flexibility index (Phi) is 3.52. The van der Waals surface area contributed by atoms with Gasteiger partial charge >= 0.3 is 0 Å². The molecule has 1 N–H and O–H groups in total. The molecule has 0 radical (unpaired) electrons. The molecule has 21 heavy (non-hydrogen) atoms. The molecule has 3 aromatic rings. The fourth-order valence-electron chi connectivity index (χ4n) is 2.33. The molecular formula is C17H14F2N2. The van der Waals surface area contributed by atoms with Crippen molar-refractivity contribution in [1.82, 2.24) is 4.98 Å². The van der Waals surface area contributed by atoms with Gasteiger partial charge in [-0.05, 0) is 48.9 Å². The fourth-order valence-corrected chi connectivity index (χ4v) is 2.33. The van der Waals surface area contributed by atoms with Crippen molar-refractivity contribution in [1.29, 1.82) is 0 Å². The lowest BCUT2D eigenvalue weighted by Crippen LogP contribution is -2.07. The van der Waals surface area contributed by atoms with E-state index in [-0.39, 0.29) is 6.04 Å². The molecule has 0 aliphatic heterocycles. The molecule has 1 unspecified atom stereocenters. The van der Waals surface area contributed by atoms with E-state index in [4.69, 9.17) is 0 Å². The van der Waals surface area contributed by atoms with Crippen molar-refractivity contribution in [3.05, 3.63) is 71.9 Å². The van der Waals surface area contributed by atoms with Crippen molar-refractivity contribution >= 4 is 16.6 Å². The van der Waals surface area contributed by atoms with E-state index >= 15 is 0 Å². The summed E-state index contributed by atoms with van der Waals surface area (Å²) in [7, 11) is 0. The van der Waals surface area contributed by atoms with Crippen LogP contribution in [0.25, 0.3) is 10.9 Å². The lowest BCUT2D eigenvalue weighted by atomic mass is 10.1. The van der Waals surface area contributed by atoms with Gasteiger partial charge in [0, 0.05) is 23.3 Å². The molecular weight excluding hydrogens is 270 g/mol. The first kappa shape index (κ1) is 13.5. The molecule has 0 saturated carbocycles. The summed E-state index contributed by atoms with van der Waals surface area (Å²) in [5.74, 6) is -1.67. The molecule has 1 atom stereocenters. The molecule has 1 heterocycles. The number of pyridine rings is 1. The Morgan fingerprint density at radius 2 is 1.86 bits per heavy atom. The van der Waals surface area contributed by atoms with Crippen LogP contribution in [-0.4, -0.2) is 4.98 Å². The fraction of sp³-hybridized carbons (Fsp3) is 0.118. The van der Waals surface area contributed by atoms with Gasteiger partial charge in [-0.15, -0.1) is 0 Å². The van der Waals surface area contributed by atoms with Gasteiger partial charge < -0.3 is 5.32 Å². The quantitative estimate of drug-likeness (QED) is 0.755. The molecule has 0 amide bonds. The van der Waals surface area contributed by atoms with E-state index in [1.807, 2.05) is 37.3 Å². The van der Waals surface area contributed by atoms with Gasteiger partial charge in [-0.1, -0.05) is 12.1 Å². The molecule has 0 bridgehead atoms. The Bertz CT molecular complexity index is 781. The van der Waals surface area contributed by atoms with Gasteiger partial charge in [0.15, 0.2) is 11.6 Å². The number of nitrogens with one attached hydrogen (secondary N) is 1. The number of anilines is 1. The molecule has 106 valence electrons. The summed E-state index contributed by atoms with van der Waals surface area (Å²) in [6.45, 7) is 1.90. The second kappa shape index (κ2) is 5.48. The zero-order valence-electron chi connectivity index (χ0n) is 11.5. The number of aromatic nitrogens is 1. The Morgan fingerprint density at radius 1 is 1.00 bits per heavy atom. The third-order valence-corrected chi connectivity index (χ3v) is 3.46. The highest BCUT2D eigenvalue weighted by Gasteiger charge is 2.10. The summed E-state index contributed by atoms with van der Waals surface area (Å²) < 4.78 is 26.3. The van der Waals surface area contributed by atoms with Crippen LogP contribution in [-0.2, 0) is 0 Å². The van der Waals surface area contributed by atoms with Gasteiger partial charge in [0.05, 0.1) is 5.52 Å². The molecule has 4 heteroatoms. The van der Waals surface area contributed by atoms with Crippen molar-refractivity contribution in [2.45, 2.75) is 13.0 Å². The van der Waals surface area contributed by atoms with Crippen LogP contribution in [0.2, 0.25) is 0 Å². The Labute approximate surface area is 121 Å². The van der Waals surface area contributed by atoms with Gasteiger partial charge in [-0.25, -0.2) is 8.78 Å². The van der Waals surface area contributed by atoms with E-state index in [9.17, 15) is 8.78 Å². The highest BCUT2D eigenvalue weighted by Crippen LogP contribution is 2.26. The normalized spacial score (nSPS) is 12.3. The van der Waals surface area contributed by atoms with Crippen LogP contribution in [0, 0.1) is 11.6 Å². The van der Waals surface area contributed by atoms with Gasteiger partial charge in [0.1, 0.15) is 0 Å². The molecule has 0 aliphatic carbocycles. The van der Waals surface area contributed by atoms with E-state index in [1.54, 1.807) is 12.3 Å². The number of fused-ring (bicyclic) bond motifs is 1. The molecule has 0 spiro atoms. The second-order valence-corrected chi connectivity index (χ2v) is 4.92. The number of benzene rings is 2. The molecule has 0 aliphatic rings. The zero-order valence-corrected chi connectivity index (χ0v) is 11.5. The van der Waals surface area contributed by atoms with E-state index in [1.165, 1.54) is 6.07 Å². The average Bonchev–Trinajstić information content (AvgIpc) is 2.50. The monoisotopic (exact) mass is 284 g/mol. The summed E-state index contributed by atoms with van der Waals surface area (Å²) in [4.78, 5) is 4.30. The van der Waals surface area contributed by atoms with Crippen LogP contribution in [0.1, 0.15) is 18.5 Å². The van der Waals surface area contributed by atoms with Crippen LogP contribution in [0.5, 0.6) is 0 Å². The summed E-state index contributed by atoms with van der Waals surface area (Å²) in [6.07, 6.45) is 1.74. The maximum Gasteiger partial charge on any atom is 0.159 e. The van der Waals surface area contributed by atoms with E-state index in [0.717, 1.165) is 22.7 Å². The van der Waals surface area contributed by atoms with Gasteiger partial charge in [0.25, 0.3) is 0 Å². The lowest BCUT2D eigenvalue weighted by molar-refractivity contribution is 0.506. The molecule has 0 fully saturated rings. The standard InChI is InChI=1S/C17H14F2N2/c1-11(12-7-8-14(18)15(19)10-12)21-17-6-2-5-16-13(17)4-3-9-20-16/h2-11,21H,1H3. The SMILES string of the molecule is CC(Nc1cccc2ncccc12)c1ccc(F)c(F)c1. The molecule has 0 saturated heterocycles. The van der Waals surface area contributed by atoms with Crippen molar-refractivity contribution in [3.8, 4) is 0 Å². The number of rotatable bonds is 3. The highest BCUT2D eigenvalue weighted by molar-refractivity contribution is 5.91. The van der Waals surface area contributed by atoms with Crippen LogP contribution >= 0.6 is 0 Å². The maximum absolute atomic E-state index is 13.3. The van der Waals surface area contributed by atoms with Crippen LogP contribution < -0.4 is 5.32 Å². The summed E-state index contributed by atoms with van der Waals surface area (Å²) in [5, 5.41) is 4.31. The van der Waals surface area contributed by atoms with Gasteiger partial charge in [0.2, 0.25) is 0 Å². The Morgan fingerprint density at radius 3 is 2.67 bits per heavy atom. The van der Waals surface area contributed by atoms with E-state index in [0.29, 0.717) is 5.56 Å². The third-order valence-electron chi connectivity index (χ3n) is 3.46. The highest BCUT2D eigenvalue weighted by atomic mass is 19.2. The average molecular weight is 284 g/mol. The molecule has 1 aromatic heterocycles. The second-order valence-electron chi connectivity index (χ2n) is 4.92. The largest absolute Gasteiger partial charge is 0.378 e. The number of hydrogen-bond acceptors (Lipinski definition) is 2. The molecule has 3 rings (SSSR count). The first-order chi connectivity index (χ1) is 10.1. The smallest absolute Gasteiger partial charge is 0.159 e. The minimum absolute atomic E-state index is 0.147. The van der Waals surface area contributed by atoms with Gasteiger partial charge in [-0.2, -0.15) is 0 Å². The Balaban J connectivity index is 1.92. The molecule has 2 aromatic carbocycles. The first-order valence-electron chi connectivity index (χ1n) is 6.70. The van der Waals surface area contributed by atoms with Crippen LogP contribution in [0.3, 0.4) is 0 Å². The van der Waals surface area contributed by atoms with Crippen molar-refractivity contribution in [2.75, 3.05) is 5.32 Å². The number of nitrogens with zero attached hydrogens (tertiary/aromatic N) is 1.